The summed E-state index contributed by atoms with van der Waals surface area (Å²) < 4.78 is 24.8. The Balaban J connectivity index is 2.67. The average molecular weight is 356 g/mol. The van der Waals surface area contributed by atoms with E-state index < -0.39 is 33.5 Å². The number of amides is 3. The Labute approximate surface area is 142 Å². The van der Waals surface area contributed by atoms with Crippen LogP contribution in [0.4, 0.5) is 16.2 Å². The molecule has 0 radical (unpaired) electrons. The number of rotatable bonds is 5. The van der Waals surface area contributed by atoms with Gasteiger partial charge in [-0.1, -0.05) is 6.07 Å². The van der Waals surface area contributed by atoms with Crippen LogP contribution in [0.2, 0.25) is 0 Å². The van der Waals surface area contributed by atoms with Crippen LogP contribution in [-0.4, -0.2) is 38.2 Å². The molecule has 0 spiro atoms. The Kier molecular flexibility index (Phi) is 6.19. The Hall–Kier alpha value is -2.29. The van der Waals surface area contributed by atoms with Crippen LogP contribution in [0.1, 0.15) is 27.7 Å². The molecule has 134 valence electrons. The van der Waals surface area contributed by atoms with Gasteiger partial charge in [0, 0.05) is 11.2 Å². The number of nitrogens with one attached hydrogen (secondary N) is 4. The van der Waals surface area contributed by atoms with Gasteiger partial charge < -0.3 is 10.6 Å². The van der Waals surface area contributed by atoms with Gasteiger partial charge in [0.2, 0.25) is 15.9 Å². The van der Waals surface area contributed by atoms with Crippen molar-refractivity contribution in [2.45, 2.75) is 39.3 Å². The average Bonchev–Trinajstić information content (AvgIpc) is 2.34. The van der Waals surface area contributed by atoms with Gasteiger partial charge in [0.1, 0.15) is 6.04 Å². The van der Waals surface area contributed by atoms with Crippen molar-refractivity contribution >= 4 is 33.3 Å². The second-order valence-corrected chi connectivity index (χ2v) is 8.26. The van der Waals surface area contributed by atoms with Gasteiger partial charge in [-0.3, -0.25) is 14.8 Å². The summed E-state index contributed by atoms with van der Waals surface area (Å²) in [4.78, 5) is 23.7. The molecule has 0 aliphatic heterocycles. The molecule has 1 atom stereocenters. The lowest BCUT2D eigenvalue weighted by molar-refractivity contribution is -0.120. The number of imide groups is 1. The molecule has 0 aliphatic carbocycles. The van der Waals surface area contributed by atoms with Gasteiger partial charge in [0.25, 0.3) is 0 Å². The Morgan fingerprint density at radius 2 is 1.71 bits per heavy atom. The minimum absolute atomic E-state index is 0.376. The number of carbonyl (C=O) groups is 2. The molecule has 0 saturated heterocycles. The molecule has 1 aromatic carbocycles. The molecule has 0 saturated carbocycles. The van der Waals surface area contributed by atoms with Crippen LogP contribution in [0.3, 0.4) is 0 Å². The first-order valence-electron chi connectivity index (χ1n) is 7.33. The van der Waals surface area contributed by atoms with E-state index in [0.717, 1.165) is 6.26 Å². The monoisotopic (exact) mass is 356 g/mol. The van der Waals surface area contributed by atoms with Gasteiger partial charge >= 0.3 is 6.03 Å². The first-order valence-corrected chi connectivity index (χ1v) is 9.22. The summed E-state index contributed by atoms with van der Waals surface area (Å²) in [7, 11) is -3.38. The highest BCUT2D eigenvalue weighted by Crippen LogP contribution is 2.16. The van der Waals surface area contributed by atoms with Crippen LogP contribution >= 0.6 is 0 Å². The van der Waals surface area contributed by atoms with E-state index in [-0.39, 0.29) is 0 Å². The Morgan fingerprint density at radius 1 is 1.12 bits per heavy atom. The molecule has 0 heterocycles. The number of hydrogen-bond acceptors (Lipinski definition) is 5. The van der Waals surface area contributed by atoms with Crippen molar-refractivity contribution in [3.05, 3.63) is 24.3 Å². The van der Waals surface area contributed by atoms with Crippen molar-refractivity contribution in [1.29, 1.82) is 0 Å². The van der Waals surface area contributed by atoms with Crippen LogP contribution in [-0.2, 0) is 14.8 Å². The fourth-order valence-electron chi connectivity index (χ4n) is 1.79. The summed E-state index contributed by atoms with van der Waals surface area (Å²) >= 11 is 0. The van der Waals surface area contributed by atoms with E-state index in [1.165, 1.54) is 0 Å². The predicted molar refractivity (Wildman–Crippen MR) is 94.4 cm³/mol. The first kappa shape index (κ1) is 19.8. The van der Waals surface area contributed by atoms with E-state index in [0.29, 0.717) is 11.4 Å². The lowest BCUT2D eigenvalue weighted by atomic mass is 10.1. The molecule has 0 fully saturated rings. The van der Waals surface area contributed by atoms with Gasteiger partial charge in [-0.25, -0.2) is 13.2 Å². The van der Waals surface area contributed by atoms with Gasteiger partial charge in [-0.2, -0.15) is 0 Å². The molecule has 9 heteroatoms. The standard InChI is InChI=1S/C15H24N4O4S/c1-10(13(20)17-14(21)18-15(2,3)4)16-11-7-6-8-12(9-11)19-24(5,22)23/h6-10,16,19H,1-5H3,(H2,17,18,20,21). The van der Waals surface area contributed by atoms with E-state index in [1.807, 2.05) is 0 Å². The molecule has 24 heavy (non-hydrogen) atoms. The molecular weight excluding hydrogens is 332 g/mol. The maximum atomic E-state index is 12.0. The van der Waals surface area contributed by atoms with E-state index in [9.17, 15) is 18.0 Å². The molecule has 0 aromatic heterocycles. The fourth-order valence-corrected chi connectivity index (χ4v) is 2.35. The molecule has 4 N–H and O–H groups in total. The number of carbonyl (C=O) groups excluding carboxylic acids is 2. The maximum Gasteiger partial charge on any atom is 0.321 e. The van der Waals surface area contributed by atoms with E-state index in [4.69, 9.17) is 0 Å². The summed E-state index contributed by atoms with van der Waals surface area (Å²) in [6, 6.07) is 5.21. The molecule has 0 bridgehead atoms. The third-order valence-corrected chi connectivity index (χ3v) is 3.27. The van der Waals surface area contributed by atoms with Gasteiger partial charge in [-0.05, 0) is 45.9 Å². The van der Waals surface area contributed by atoms with Crippen LogP contribution in [0.25, 0.3) is 0 Å². The minimum Gasteiger partial charge on any atom is -0.374 e. The van der Waals surface area contributed by atoms with Crippen LogP contribution in [0, 0.1) is 0 Å². The van der Waals surface area contributed by atoms with Crippen molar-refractivity contribution in [3.8, 4) is 0 Å². The van der Waals surface area contributed by atoms with Crippen molar-refractivity contribution in [3.63, 3.8) is 0 Å². The summed E-state index contributed by atoms with van der Waals surface area (Å²) in [5.41, 5.74) is 0.468. The van der Waals surface area contributed by atoms with Crippen molar-refractivity contribution in [2.75, 3.05) is 16.3 Å². The quantitative estimate of drug-likeness (QED) is 0.638. The molecule has 1 unspecified atom stereocenters. The van der Waals surface area contributed by atoms with Crippen LogP contribution in [0.5, 0.6) is 0 Å². The highest BCUT2D eigenvalue weighted by Gasteiger charge is 2.19. The first-order chi connectivity index (χ1) is 10.9. The molecule has 1 rings (SSSR count). The number of sulfonamides is 1. The lowest BCUT2D eigenvalue weighted by Gasteiger charge is -2.21. The highest BCUT2D eigenvalue weighted by molar-refractivity contribution is 7.92. The zero-order valence-electron chi connectivity index (χ0n) is 14.4. The fraction of sp³-hybridized carbons (Fsp3) is 0.467. The second-order valence-electron chi connectivity index (χ2n) is 6.51. The van der Waals surface area contributed by atoms with Crippen LogP contribution in [0.15, 0.2) is 24.3 Å². The number of benzene rings is 1. The highest BCUT2D eigenvalue weighted by atomic mass is 32.2. The minimum atomic E-state index is -3.38. The van der Waals surface area contributed by atoms with Gasteiger partial charge in [-0.15, -0.1) is 0 Å². The normalized spacial score (nSPS) is 12.9. The van der Waals surface area contributed by atoms with Crippen LogP contribution < -0.4 is 20.7 Å². The molecule has 8 nitrogen and oxygen atoms in total. The Bertz CT molecular complexity index is 710. The topological polar surface area (TPSA) is 116 Å². The zero-order valence-corrected chi connectivity index (χ0v) is 15.2. The molecular formula is C15H24N4O4S. The van der Waals surface area contributed by atoms with Crippen molar-refractivity contribution in [1.82, 2.24) is 10.6 Å². The van der Waals surface area contributed by atoms with Crippen molar-refractivity contribution < 1.29 is 18.0 Å². The van der Waals surface area contributed by atoms with Crippen molar-refractivity contribution in [2.24, 2.45) is 0 Å². The predicted octanol–water partition coefficient (Wildman–Crippen LogP) is 1.48. The number of hydrogen-bond donors (Lipinski definition) is 4. The number of urea groups is 1. The smallest absolute Gasteiger partial charge is 0.321 e. The molecule has 3 amide bonds. The van der Waals surface area contributed by atoms with E-state index in [2.05, 4.69) is 20.7 Å². The number of anilines is 2. The summed E-state index contributed by atoms with van der Waals surface area (Å²) in [5.74, 6) is -0.502. The molecule has 0 aliphatic rings. The maximum absolute atomic E-state index is 12.0. The summed E-state index contributed by atoms with van der Waals surface area (Å²) in [6.45, 7) is 7.01. The second kappa shape index (κ2) is 7.52. The SMILES string of the molecule is CC(Nc1cccc(NS(C)(=O)=O)c1)C(=O)NC(=O)NC(C)(C)C. The lowest BCUT2D eigenvalue weighted by Crippen LogP contribution is -2.51. The van der Waals surface area contributed by atoms with E-state index in [1.54, 1.807) is 52.0 Å². The third-order valence-electron chi connectivity index (χ3n) is 2.67. The summed E-state index contributed by atoms with van der Waals surface area (Å²) in [6.07, 6.45) is 1.05. The third kappa shape index (κ3) is 7.82. The largest absolute Gasteiger partial charge is 0.374 e. The zero-order chi connectivity index (χ0) is 18.5. The van der Waals surface area contributed by atoms with Gasteiger partial charge in [0.15, 0.2) is 0 Å². The van der Waals surface area contributed by atoms with E-state index >= 15 is 0 Å². The summed E-state index contributed by atoms with van der Waals surface area (Å²) in [5, 5.41) is 7.78. The van der Waals surface area contributed by atoms with Gasteiger partial charge in [0.05, 0.1) is 11.9 Å². The molecule has 1 aromatic rings. The Morgan fingerprint density at radius 3 is 2.25 bits per heavy atom.